The van der Waals surface area contributed by atoms with Crippen molar-refractivity contribution in [3.8, 4) is 0 Å². The van der Waals surface area contributed by atoms with Crippen LogP contribution in [0.25, 0.3) is 0 Å². The van der Waals surface area contributed by atoms with Crippen molar-refractivity contribution in [3.05, 3.63) is 62.7 Å². The van der Waals surface area contributed by atoms with Crippen molar-refractivity contribution in [1.29, 1.82) is 0 Å². The van der Waals surface area contributed by atoms with Crippen LogP contribution < -0.4 is 0 Å². The van der Waals surface area contributed by atoms with Crippen molar-refractivity contribution in [3.63, 3.8) is 0 Å². The summed E-state index contributed by atoms with van der Waals surface area (Å²) < 4.78 is 105. The van der Waals surface area contributed by atoms with Crippen molar-refractivity contribution in [2.45, 2.75) is 43.4 Å². The van der Waals surface area contributed by atoms with Gasteiger partial charge in [0.2, 0.25) is 0 Å². The molecule has 0 radical (unpaired) electrons. The summed E-state index contributed by atoms with van der Waals surface area (Å²) in [5.41, 5.74) is -1.95. The number of benzene rings is 2. The first-order valence-corrected chi connectivity index (χ1v) is 10.4. The number of hydrogen-bond donors (Lipinski definition) is 1. The summed E-state index contributed by atoms with van der Waals surface area (Å²) in [6.07, 6.45) is -10.3. The summed E-state index contributed by atoms with van der Waals surface area (Å²) in [5.74, 6) is 0. The minimum absolute atomic E-state index is 0.0788. The first kappa shape index (κ1) is 25.7. The Morgan fingerprint density at radius 1 is 0.759 bits per heavy atom. The van der Waals surface area contributed by atoms with E-state index in [9.17, 15) is 34.8 Å². The quantitative estimate of drug-likeness (QED) is 0.247. The van der Waals surface area contributed by atoms with Gasteiger partial charge in [0.05, 0.1) is 16.0 Å². The highest BCUT2D eigenvalue weighted by Gasteiger charge is 2.38. The molecule has 2 aromatic carbocycles. The van der Waals surface area contributed by atoms with Gasteiger partial charge in [0.25, 0.3) is 10.1 Å². The summed E-state index contributed by atoms with van der Waals surface area (Å²) >= 11 is 2.32. The molecule has 0 aliphatic rings. The lowest BCUT2D eigenvalue weighted by atomic mass is 9.87. The Bertz CT molecular complexity index is 911. The fraction of sp³-hybridized carbons (Fsp3) is 0.333. The summed E-state index contributed by atoms with van der Waals surface area (Å²) in [7, 11) is -5.17. The van der Waals surface area contributed by atoms with Crippen molar-refractivity contribution in [2.24, 2.45) is 0 Å². The Labute approximate surface area is 178 Å². The van der Waals surface area contributed by atoms with Crippen LogP contribution in [0.15, 0.2) is 47.4 Å². The molecular weight excluding hydrogens is 537 g/mol. The van der Waals surface area contributed by atoms with E-state index in [1.54, 1.807) is 0 Å². The Kier molecular flexibility index (Phi) is 7.80. The van der Waals surface area contributed by atoms with E-state index in [1.807, 2.05) is 0 Å². The molecule has 0 saturated carbocycles. The number of alkyl halides is 6. The molecule has 2 rings (SSSR count). The third-order valence-corrected chi connectivity index (χ3v) is 5.12. The number of halogens is 7. The van der Waals surface area contributed by atoms with Gasteiger partial charge in [-0.25, -0.2) is 0 Å². The molecule has 2 aromatic rings. The van der Waals surface area contributed by atoms with E-state index in [2.05, 4.69) is 67.6 Å². The summed E-state index contributed by atoms with van der Waals surface area (Å²) in [5, 5.41) is 0. The van der Waals surface area contributed by atoms with Gasteiger partial charge in [0.15, 0.2) is 0 Å². The van der Waals surface area contributed by atoms with Gasteiger partial charge in [-0.05, 0) is 63.9 Å². The van der Waals surface area contributed by atoms with Crippen LogP contribution in [0.1, 0.15) is 37.5 Å². The van der Waals surface area contributed by atoms with E-state index in [4.69, 9.17) is 4.55 Å². The van der Waals surface area contributed by atoms with Crippen molar-refractivity contribution in [2.75, 3.05) is 0 Å². The molecule has 11 heteroatoms. The van der Waals surface area contributed by atoms with Crippen LogP contribution >= 0.6 is 22.6 Å². The van der Waals surface area contributed by atoms with Crippen molar-refractivity contribution >= 4 is 32.7 Å². The molecule has 0 atom stereocenters. The maximum absolute atomic E-state index is 12.3. The van der Waals surface area contributed by atoms with Gasteiger partial charge in [-0.2, -0.15) is 34.8 Å². The molecule has 0 spiro atoms. The molecular formula is C18H17F6IO3S. The van der Waals surface area contributed by atoms with Crippen LogP contribution in [-0.2, 0) is 27.9 Å². The first-order valence-electron chi connectivity index (χ1n) is 7.85. The molecule has 0 saturated heterocycles. The minimum atomic E-state index is -5.17. The molecule has 0 amide bonds. The third kappa shape index (κ3) is 8.13. The highest BCUT2D eigenvalue weighted by Crippen LogP contribution is 2.37. The predicted molar refractivity (Wildman–Crippen MR) is 104 cm³/mol. The average molecular weight is 554 g/mol. The molecule has 0 bridgehead atoms. The van der Waals surface area contributed by atoms with Crippen LogP contribution in [0.5, 0.6) is 0 Å². The average Bonchev–Trinajstić information content (AvgIpc) is 2.52. The summed E-state index contributed by atoms with van der Waals surface area (Å²) in [4.78, 5) is -1.47. The third-order valence-electron chi connectivity index (χ3n) is 3.57. The van der Waals surface area contributed by atoms with E-state index < -0.39 is 38.5 Å². The molecule has 162 valence electrons. The molecule has 3 nitrogen and oxygen atoms in total. The normalized spacial score (nSPS) is 12.9. The lowest BCUT2D eigenvalue weighted by Crippen LogP contribution is -2.13. The highest BCUT2D eigenvalue weighted by atomic mass is 127. The van der Waals surface area contributed by atoms with E-state index >= 15 is 0 Å². The highest BCUT2D eigenvalue weighted by molar-refractivity contribution is 14.1. The predicted octanol–water partition coefficient (Wildman–Crippen LogP) is 6.56. The monoisotopic (exact) mass is 554 g/mol. The maximum atomic E-state index is 12.3. The molecule has 29 heavy (non-hydrogen) atoms. The molecule has 0 heterocycles. The van der Waals surface area contributed by atoms with Crippen LogP contribution in [-0.4, -0.2) is 13.0 Å². The van der Waals surface area contributed by atoms with Gasteiger partial charge in [0, 0.05) is 3.57 Å². The van der Waals surface area contributed by atoms with Gasteiger partial charge < -0.3 is 0 Å². The molecule has 0 aromatic heterocycles. The molecule has 0 unspecified atom stereocenters. The Hall–Kier alpha value is -1.34. The van der Waals surface area contributed by atoms with Gasteiger partial charge in [-0.3, -0.25) is 4.55 Å². The van der Waals surface area contributed by atoms with Gasteiger partial charge >= 0.3 is 12.4 Å². The fourth-order valence-corrected chi connectivity index (χ4v) is 2.94. The zero-order valence-corrected chi connectivity index (χ0v) is 18.3. The Balaban J connectivity index is 0.000000326. The molecule has 1 N–H and O–H groups in total. The lowest BCUT2D eigenvalue weighted by Gasteiger charge is -2.18. The van der Waals surface area contributed by atoms with Crippen molar-refractivity contribution in [1.82, 2.24) is 0 Å². The standard InChI is InChI=1S/C10H13I.C8H4F6O3S/c1-10(2,3)8-4-6-9(11)7-5-8;9-7(10,11)4-1-5(8(12,13)14)3-6(2-4)18(15,16)17/h4-7H,1-3H3;1-3H,(H,15,16,17). The Morgan fingerprint density at radius 3 is 1.41 bits per heavy atom. The zero-order valence-electron chi connectivity index (χ0n) is 15.4. The molecule has 0 aliphatic carbocycles. The van der Waals surface area contributed by atoms with E-state index in [0.29, 0.717) is 0 Å². The largest absolute Gasteiger partial charge is 0.416 e. The van der Waals surface area contributed by atoms with Crippen LogP contribution in [0.2, 0.25) is 0 Å². The second-order valence-corrected chi connectivity index (χ2v) is 9.64. The SMILES string of the molecule is CC(C)(C)c1ccc(I)cc1.O=S(=O)(O)c1cc(C(F)(F)F)cc(C(F)(F)F)c1. The lowest BCUT2D eigenvalue weighted by molar-refractivity contribution is -0.143. The smallest absolute Gasteiger partial charge is 0.282 e. The van der Waals surface area contributed by atoms with Gasteiger partial charge in [-0.15, -0.1) is 0 Å². The van der Waals surface area contributed by atoms with Crippen LogP contribution in [0.4, 0.5) is 26.3 Å². The second kappa shape index (κ2) is 8.80. The molecule has 0 fully saturated rings. The topological polar surface area (TPSA) is 54.4 Å². The van der Waals surface area contributed by atoms with Crippen LogP contribution in [0.3, 0.4) is 0 Å². The molecule has 0 aliphatic heterocycles. The first-order chi connectivity index (χ1) is 12.8. The van der Waals surface area contributed by atoms with Gasteiger partial charge in [-0.1, -0.05) is 32.9 Å². The van der Waals surface area contributed by atoms with E-state index in [-0.39, 0.29) is 23.6 Å². The van der Waals surface area contributed by atoms with E-state index in [0.717, 1.165) is 0 Å². The fourth-order valence-electron chi connectivity index (χ4n) is 2.03. The zero-order chi connectivity index (χ0) is 22.8. The number of rotatable bonds is 1. The number of hydrogen-bond acceptors (Lipinski definition) is 2. The minimum Gasteiger partial charge on any atom is -0.282 e. The van der Waals surface area contributed by atoms with E-state index in [1.165, 1.54) is 9.13 Å². The summed E-state index contributed by atoms with van der Waals surface area (Å²) in [6.45, 7) is 6.69. The Morgan fingerprint density at radius 2 is 1.14 bits per heavy atom. The van der Waals surface area contributed by atoms with Gasteiger partial charge in [0.1, 0.15) is 0 Å². The van der Waals surface area contributed by atoms with Crippen LogP contribution in [0, 0.1) is 3.57 Å². The maximum Gasteiger partial charge on any atom is 0.416 e. The second-order valence-electron chi connectivity index (χ2n) is 6.97. The van der Waals surface area contributed by atoms with Crippen molar-refractivity contribution < 1.29 is 39.3 Å². The summed E-state index contributed by atoms with van der Waals surface area (Å²) in [6, 6.07) is 8.30.